The van der Waals surface area contributed by atoms with Crippen molar-refractivity contribution in [2.45, 2.75) is 44.9 Å². The lowest BCUT2D eigenvalue weighted by Crippen LogP contribution is -2.56. The number of rotatable bonds is 5. The van der Waals surface area contributed by atoms with Crippen LogP contribution in [0.3, 0.4) is 0 Å². The SMILES string of the molecule is CCN(CC)C(=O)[C@H]1CCCN1[C@H](CN)C(F)(F)F. The third-order valence-electron chi connectivity index (χ3n) is 3.66. The van der Waals surface area contributed by atoms with E-state index in [1.165, 1.54) is 4.90 Å². The Morgan fingerprint density at radius 2 is 2.00 bits per heavy atom. The summed E-state index contributed by atoms with van der Waals surface area (Å²) in [5, 5.41) is 0. The highest BCUT2D eigenvalue weighted by Crippen LogP contribution is 2.30. The number of likely N-dealkylation sites (tertiary alicyclic amines) is 1. The Labute approximate surface area is 111 Å². The second-order valence-electron chi connectivity index (χ2n) is 4.70. The van der Waals surface area contributed by atoms with E-state index >= 15 is 0 Å². The fourth-order valence-electron chi connectivity index (χ4n) is 2.63. The fourth-order valence-corrected chi connectivity index (χ4v) is 2.63. The summed E-state index contributed by atoms with van der Waals surface area (Å²) in [7, 11) is 0. The third kappa shape index (κ3) is 3.60. The van der Waals surface area contributed by atoms with Crippen LogP contribution >= 0.6 is 0 Å². The van der Waals surface area contributed by atoms with Gasteiger partial charge in [0.1, 0.15) is 6.04 Å². The molecule has 2 N–H and O–H groups in total. The van der Waals surface area contributed by atoms with Gasteiger partial charge in [0.05, 0.1) is 6.04 Å². The molecule has 112 valence electrons. The van der Waals surface area contributed by atoms with Crippen LogP contribution in [0.4, 0.5) is 13.2 Å². The first-order valence-corrected chi connectivity index (χ1v) is 6.68. The van der Waals surface area contributed by atoms with Crippen molar-refractivity contribution in [1.29, 1.82) is 0 Å². The molecule has 4 nitrogen and oxygen atoms in total. The summed E-state index contributed by atoms with van der Waals surface area (Å²) in [6.45, 7) is 4.44. The van der Waals surface area contributed by atoms with E-state index in [1.54, 1.807) is 4.90 Å². The Morgan fingerprint density at radius 1 is 1.42 bits per heavy atom. The molecule has 1 fully saturated rings. The molecule has 1 saturated heterocycles. The maximum atomic E-state index is 12.9. The van der Waals surface area contributed by atoms with E-state index < -0.39 is 24.8 Å². The number of hydrogen-bond acceptors (Lipinski definition) is 3. The molecule has 0 saturated carbocycles. The third-order valence-corrected chi connectivity index (χ3v) is 3.66. The zero-order valence-electron chi connectivity index (χ0n) is 11.4. The van der Waals surface area contributed by atoms with Gasteiger partial charge in [-0.1, -0.05) is 0 Å². The number of likely N-dealkylation sites (N-methyl/N-ethyl adjacent to an activating group) is 1. The van der Waals surface area contributed by atoms with Crippen molar-refractivity contribution in [3.8, 4) is 0 Å². The summed E-state index contributed by atoms with van der Waals surface area (Å²) in [6, 6.07) is -2.41. The second kappa shape index (κ2) is 6.56. The molecule has 7 heteroatoms. The molecule has 0 unspecified atom stereocenters. The second-order valence-corrected chi connectivity index (χ2v) is 4.70. The first-order chi connectivity index (χ1) is 8.86. The van der Waals surface area contributed by atoms with Crippen LogP contribution in [0.25, 0.3) is 0 Å². The lowest BCUT2D eigenvalue weighted by atomic mass is 10.1. The van der Waals surface area contributed by atoms with Crippen LogP contribution in [0.2, 0.25) is 0 Å². The van der Waals surface area contributed by atoms with Gasteiger partial charge in [-0.25, -0.2) is 0 Å². The molecule has 1 heterocycles. The molecule has 0 aromatic rings. The van der Waals surface area contributed by atoms with E-state index in [0.29, 0.717) is 25.9 Å². The smallest absolute Gasteiger partial charge is 0.342 e. The summed E-state index contributed by atoms with van der Waals surface area (Å²) in [5.41, 5.74) is 5.26. The molecule has 0 radical (unpaired) electrons. The van der Waals surface area contributed by atoms with E-state index in [-0.39, 0.29) is 12.5 Å². The number of alkyl halides is 3. The Morgan fingerprint density at radius 3 is 2.42 bits per heavy atom. The maximum absolute atomic E-state index is 12.9. The molecule has 2 atom stereocenters. The van der Waals surface area contributed by atoms with Crippen LogP contribution in [0.15, 0.2) is 0 Å². The molecule has 1 amide bonds. The number of halogens is 3. The van der Waals surface area contributed by atoms with Gasteiger partial charge in [-0.2, -0.15) is 13.2 Å². The van der Waals surface area contributed by atoms with Gasteiger partial charge in [-0.15, -0.1) is 0 Å². The number of carbonyl (C=O) groups is 1. The molecule has 0 aliphatic carbocycles. The summed E-state index contributed by atoms with van der Waals surface area (Å²) in [6.07, 6.45) is -3.31. The summed E-state index contributed by atoms with van der Waals surface area (Å²) < 4.78 is 38.8. The normalized spacial score (nSPS) is 22.5. The van der Waals surface area contributed by atoms with Gasteiger partial charge in [0.25, 0.3) is 0 Å². The van der Waals surface area contributed by atoms with Gasteiger partial charge in [-0.05, 0) is 33.2 Å². The molecule has 0 aromatic carbocycles. The van der Waals surface area contributed by atoms with Gasteiger partial charge in [0.2, 0.25) is 5.91 Å². The van der Waals surface area contributed by atoms with Gasteiger partial charge >= 0.3 is 6.18 Å². The minimum Gasteiger partial charge on any atom is -0.342 e. The van der Waals surface area contributed by atoms with E-state index in [9.17, 15) is 18.0 Å². The fraction of sp³-hybridized carbons (Fsp3) is 0.917. The minimum absolute atomic E-state index is 0.217. The predicted molar refractivity (Wildman–Crippen MR) is 66.6 cm³/mol. The lowest BCUT2D eigenvalue weighted by molar-refractivity contribution is -0.185. The monoisotopic (exact) mass is 281 g/mol. The van der Waals surface area contributed by atoms with Crippen molar-refractivity contribution in [2.75, 3.05) is 26.2 Å². The number of amides is 1. The van der Waals surface area contributed by atoms with E-state index in [1.807, 2.05) is 13.8 Å². The number of carbonyl (C=O) groups excluding carboxylic acids is 1. The van der Waals surface area contributed by atoms with Crippen LogP contribution in [-0.4, -0.2) is 60.1 Å². The summed E-state index contributed by atoms with van der Waals surface area (Å²) in [4.78, 5) is 15.0. The Bertz CT molecular complexity index is 305. The van der Waals surface area contributed by atoms with Crippen LogP contribution in [0, 0.1) is 0 Å². The topological polar surface area (TPSA) is 49.6 Å². The molecular weight excluding hydrogens is 259 g/mol. The van der Waals surface area contributed by atoms with Crippen molar-refractivity contribution in [3.05, 3.63) is 0 Å². The average molecular weight is 281 g/mol. The van der Waals surface area contributed by atoms with Crippen molar-refractivity contribution in [2.24, 2.45) is 5.73 Å². The Balaban J connectivity index is 2.86. The van der Waals surface area contributed by atoms with Crippen molar-refractivity contribution in [3.63, 3.8) is 0 Å². The molecule has 0 aromatic heterocycles. The quantitative estimate of drug-likeness (QED) is 0.824. The van der Waals surface area contributed by atoms with Crippen LogP contribution in [-0.2, 0) is 4.79 Å². The summed E-state index contributed by atoms with van der Waals surface area (Å²) in [5.74, 6) is -0.217. The molecule has 1 aliphatic heterocycles. The highest BCUT2D eigenvalue weighted by Gasteiger charge is 2.48. The highest BCUT2D eigenvalue weighted by molar-refractivity contribution is 5.82. The number of nitrogens with zero attached hydrogens (tertiary/aromatic N) is 2. The maximum Gasteiger partial charge on any atom is 0.405 e. The minimum atomic E-state index is -4.39. The largest absolute Gasteiger partial charge is 0.405 e. The molecule has 19 heavy (non-hydrogen) atoms. The number of hydrogen-bond donors (Lipinski definition) is 1. The molecule has 1 rings (SSSR count). The van der Waals surface area contributed by atoms with E-state index in [4.69, 9.17) is 5.73 Å². The van der Waals surface area contributed by atoms with Gasteiger partial charge in [0, 0.05) is 19.6 Å². The van der Waals surface area contributed by atoms with Crippen molar-refractivity contribution in [1.82, 2.24) is 9.80 Å². The average Bonchev–Trinajstić information content (AvgIpc) is 2.78. The predicted octanol–water partition coefficient (Wildman–Crippen LogP) is 1.21. The number of nitrogens with two attached hydrogens (primary N) is 1. The molecular formula is C12H22F3N3O. The van der Waals surface area contributed by atoms with E-state index in [0.717, 1.165) is 0 Å². The standard InChI is InChI=1S/C12H22F3N3O/c1-3-17(4-2)11(19)9-6-5-7-18(9)10(8-16)12(13,14)15/h9-10H,3-8,16H2,1-2H3/t9-,10-/m1/s1. The first-order valence-electron chi connectivity index (χ1n) is 6.68. The van der Waals surface area contributed by atoms with Gasteiger partial charge < -0.3 is 10.6 Å². The van der Waals surface area contributed by atoms with Crippen LogP contribution in [0.5, 0.6) is 0 Å². The highest BCUT2D eigenvalue weighted by atomic mass is 19.4. The van der Waals surface area contributed by atoms with Crippen LogP contribution in [0.1, 0.15) is 26.7 Å². The molecule has 0 bridgehead atoms. The zero-order chi connectivity index (χ0) is 14.6. The first kappa shape index (κ1) is 16.2. The zero-order valence-corrected chi connectivity index (χ0v) is 11.4. The van der Waals surface area contributed by atoms with Crippen molar-refractivity contribution < 1.29 is 18.0 Å². The van der Waals surface area contributed by atoms with Gasteiger partial charge in [0.15, 0.2) is 0 Å². The summed E-state index contributed by atoms with van der Waals surface area (Å²) >= 11 is 0. The molecule has 0 spiro atoms. The molecule has 1 aliphatic rings. The lowest BCUT2D eigenvalue weighted by Gasteiger charge is -2.35. The van der Waals surface area contributed by atoms with Crippen LogP contribution < -0.4 is 5.73 Å². The van der Waals surface area contributed by atoms with Crippen molar-refractivity contribution >= 4 is 5.91 Å². The Kier molecular flexibility index (Phi) is 5.61. The van der Waals surface area contributed by atoms with E-state index in [2.05, 4.69) is 0 Å². The van der Waals surface area contributed by atoms with Gasteiger partial charge in [-0.3, -0.25) is 9.69 Å². The Hall–Kier alpha value is -0.820.